The molecule has 6 nitrogen and oxygen atoms in total. The molecule has 0 saturated heterocycles. The summed E-state index contributed by atoms with van der Waals surface area (Å²) in [5, 5.41) is 2.88. The second-order valence-electron chi connectivity index (χ2n) is 4.49. The van der Waals surface area contributed by atoms with Crippen LogP contribution in [0.5, 0.6) is 0 Å². The molecule has 0 radical (unpaired) electrons. The van der Waals surface area contributed by atoms with Crippen LogP contribution in [0.4, 0.5) is 0 Å². The molecule has 1 aliphatic rings. The van der Waals surface area contributed by atoms with Crippen molar-refractivity contribution in [2.75, 3.05) is 6.54 Å². The fourth-order valence-corrected chi connectivity index (χ4v) is 2.28. The van der Waals surface area contributed by atoms with E-state index in [4.69, 9.17) is 0 Å². The number of aryl methyl sites for hydroxylation is 1. The highest BCUT2D eigenvalue weighted by molar-refractivity contribution is 5.92. The van der Waals surface area contributed by atoms with E-state index in [1.807, 2.05) is 4.57 Å². The van der Waals surface area contributed by atoms with Gasteiger partial charge in [-0.2, -0.15) is 0 Å². The SMILES string of the molecule is O=C(NCCc1ncccn1)c1cnc2n1CCC2. The Labute approximate surface area is 110 Å². The molecule has 0 aliphatic carbocycles. The Bertz CT molecular complexity index is 578. The van der Waals surface area contributed by atoms with Crippen molar-refractivity contribution >= 4 is 5.91 Å². The van der Waals surface area contributed by atoms with Crippen LogP contribution in [0.3, 0.4) is 0 Å². The molecule has 0 bridgehead atoms. The Morgan fingerprint density at radius 2 is 2.16 bits per heavy atom. The van der Waals surface area contributed by atoms with Gasteiger partial charge in [0.2, 0.25) is 0 Å². The summed E-state index contributed by atoms with van der Waals surface area (Å²) in [6, 6.07) is 1.78. The number of nitrogens with one attached hydrogen (secondary N) is 1. The average molecular weight is 257 g/mol. The van der Waals surface area contributed by atoms with Gasteiger partial charge in [-0.1, -0.05) is 0 Å². The summed E-state index contributed by atoms with van der Waals surface area (Å²) in [6.07, 6.45) is 7.73. The molecule has 19 heavy (non-hydrogen) atoms. The molecule has 0 saturated carbocycles. The van der Waals surface area contributed by atoms with Crippen molar-refractivity contribution in [3.05, 3.63) is 42.0 Å². The third-order valence-corrected chi connectivity index (χ3v) is 3.21. The number of nitrogens with zero attached hydrogens (tertiary/aromatic N) is 4. The summed E-state index contributed by atoms with van der Waals surface area (Å²) in [4.78, 5) is 24.5. The maximum absolute atomic E-state index is 12.0. The summed E-state index contributed by atoms with van der Waals surface area (Å²) in [6.45, 7) is 1.42. The third kappa shape index (κ3) is 2.47. The second-order valence-corrected chi connectivity index (χ2v) is 4.49. The number of carbonyl (C=O) groups excluding carboxylic acids is 1. The van der Waals surface area contributed by atoms with Crippen LogP contribution < -0.4 is 5.32 Å². The standard InChI is InChI=1S/C13H15N5O/c19-13(10-9-17-12-3-1-8-18(10)12)16-7-4-11-14-5-2-6-15-11/h2,5-6,9H,1,3-4,7-8H2,(H,16,19). The van der Waals surface area contributed by atoms with Gasteiger partial charge in [-0.25, -0.2) is 15.0 Å². The van der Waals surface area contributed by atoms with Crippen LogP contribution in [0.2, 0.25) is 0 Å². The zero-order valence-corrected chi connectivity index (χ0v) is 10.5. The van der Waals surface area contributed by atoms with E-state index in [-0.39, 0.29) is 5.91 Å². The van der Waals surface area contributed by atoms with E-state index in [1.54, 1.807) is 24.7 Å². The van der Waals surface area contributed by atoms with Crippen molar-refractivity contribution in [2.45, 2.75) is 25.8 Å². The van der Waals surface area contributed by atoms with Crippen LogP contribution in [0.15, 0.2) is 24.7 Å². The smallest absolute Gasteiger partial charge is 0.269 e. The van der Waals surface area contributed by atoms with Gasteiger partial charge >= 0.3 is 0 Å². The molecule has 2 aromatic rings. The first-order valence-corrected chi connectivity index (χ1v) is 6.43. The van der Waals surface area contributed by atoms with Crippen molar-refractivity contribution in [3.8, 4) is 0 Å². The minimum atomic E-state index is -0.0726. The highest BCUT2D eigenvalue weighted by Gasteiger charge is 2.19. The second kappa shape index (κ2) is 5.17. The van der Waals surface area contributed by atoms with Crippen LogP contribution in [-0.4, -0.2) is 32.0 Å². The fraction of sp³-hybridized carbons (Fsp3) is 0.385. The number of aromatic nitrogens is 4. The number of hydrogen-bond acceptors (Lipinski definition) is 4. The normalized spacial score (nSPS) is 13.3. The molecule has 0 atom stereocenters. The lowest BCUT2D eigenvalue weighted by molar-refractivity contribution is 0.0945. The van der Waals surface area contributed by atoms with Crippen molar-refractivity contribution in [1.82, 2.24) is 24.8 Å². The summed E-state index contributed by atoms with van der Waals surface area (Å²) in [7, 11) is 0. The minimum Gasteiger partial charge on any atom is -0.350 e. The summed E-state index contributed by atoms with van der Waals surface area (Å²) >= 11 is 0. The van der Waals surface area contributed by atoms with Crippen LogP contribution >= 0.6 is 0 Å². The van der Waals surface area contributed by atoms with Crippen molar-refractivity contribution in [1.29, 1.82) is 0 Å². The van der Waals surface area contributed by atoms with E-state index >= 15 is 0 Å². The number of fused-ring (bicyclic) bond motifs is 1. The van der Waals surface area contributed by atoms with Crippen LogP contribution in [0, 0.1) is 0 Å². The molecule has 2 aromatic heterocycles. The molecule has 1 aliphatic heterocycles. The van der Waals surface area contributed by atoms with E-state index in [2.05, 4.69) is 20.3 Å². The van der Waals surface area contributed by atoms with Crippen molar-refractivity contribution < 1.29 is 4.79 Å². The lowest BCUT2D eigenvalue weighted by atomic mass is 10.3. The van der Waals surface area contributed by atoms with E-state index in [0.29, 0.717) is 18.7 Å². The van der Waals surface area contributed by atoms with Gasteiger partial charge in [0.05, 0.1) is 6.20 Å². The lowest BCUT2D eigenvalue weighted by Gasteiger charge is -2.06. The van der Waals surface area contributed by atoms with E-state index in [9.17, 15) is 4.79 Å². The largest absolute Gasteiger partial charge is 0.350 e. The van der Waals surface area contributed by atoms with Gasteiger partial charge in [0.25, 0.3) is 5.91 Å². The van der Waals surface area contributed by atoms with Gasteiger partial charge < -0.3 is 9.88 Å². The van der Waals surface area contributed by atoms with Gasteiger partial charge in [-0.05, 0) is 12.5 Å². The Kier molecular flexibility index (Phi) is 3.22. The maximum atomic E-state index is 12.0. The third-order valence-electron chi connectivity index (χ3n) is 3.21. The molecular weight excluding hydrogens is 242 g/mol. The van der Waals surface area contributed by atoms with Gasteiger partial charge in [0.15, 0.2) is 0 Å². The van der Waals surface area contributed by atoms with Gasteiger partial charge in [-0.3, -0.25) is 4.79 Å². The van der Waals surface area contributed by atoms with Crippen molar-refractivity contribution in [3.63, 3.8) is 0 Å². The highest BCUT2D eigenvalue weighted by Crippen LogP contribution is 2.15. The Balaban J connectivity index is 1.57. The number of rotatable bonds is 4. The molecular formula is C13H15N5O. The lowest BCUT2D eigenvalue weighted by Crippen LogP contribution is -2.28. The monoisotopic (exact) mass is 257 g/mol. The average Bonchev–Trinajstić information content (AvgIpc) is 3.02. The first-order chi connectivity index (χ1) is 9.34. The molecule has 1 N–H and O–H groups in total. The van der Waals surface area contributed by atoms with E-state index < -0.39 is 0 Å². The predicted molar refractivity (Wildman–Crippen MR) is 68.6 cm³/mol. The molecule has 0 spiro atoms. The summed E-state index contributed by atoms with van der Waals surface area (Å²) in [5.41, 5.74) is 0.654. The Hall–Kier alpha value is -2.24. The number of carbonyl (C=O) groups is 1. The van der Waals surface area contributed by atoms with Gasteiger partial charge in [-0.15, -0.1) is 0 Å². The number of imidazole rings is 1. The summed E-state index contributed by atoms with van der Waals surface area (Å²) < 4.78 is 1.99. The zero-order chi connectivity index (χ0) is 13.1. The van der Waals surface area contributed by atoms with E-state index in [1.165, 1.54) is 0 Å². The highest BCUT2D eigenvalue weighted by atomic mass is 16.1. The quantitative estimate of drug-likeness (QED) is 0.870. The zero-order valence-electron chi connectivity index (χ0n) is 10.5. The minimum absolute atomic E-state index is 0.0726. The topological polar surface area (TPSA) is 72.7 Å². The molecule has 1 amide bonds. The fourth-order valence-electron chi connectivity index (χ4n) is 2.28. The molecule has 0 unspecified atom stereocenters. The number of hydrogen-bond donors (Lipinski definition) is 1. The first kappa shape index (κ1) is 11.8. The Morgan fingerprint density at radius 3 is 3.00 bits per heavy atom. The van der Waals surface area contributed by atoms with Gasteiger partial charge in [0, 0.05) is 38.3 Å². The molecule has 98 valence electrons. The summed E-state index contributed by atoms with van der Waals surface area (Å²) in [5.74, 6) is 1.68. The first-order valence-electron chi connectivity index (χ1n) is 6.43. The molecule has 6 heteroatoms. The molecule has 3 heterocycles. The maximum Gasteiger partial charge on any atom is 0.269 e. The predicted octanol–water partition coefficient (Wildman–Crippen LogP) is 0.592. The Morgan fingerprint density at radius 1 is 1.32 bits per heavy atom. The number of amides is 1. The molecule has 3 rings (SSSR count). The molecule has 0 aromatic carbocycles. The molecule has 0 fully saturated rings. The van der Waals surface area contributed by atoms with Crippen LogP contribution in [0.25, 0.3) is 0 Å². The van der Waals surface area contributed by atoms with E-state index in [0.717, 1.165) is 31.0 Å². The van der Waals surface area contributed by atoms with Crippen LogP contribution in [0.1, 0.15) is 28.6 Å². The van der Waals surface area contributed by atoms with Gasteiger partial charge in [0.1, 0.15) is 17.3 Å². The van der Waals surface area contributed by atoms with Crippen LogP contribution in [-0.2, 0) is 19.4 Å². The van der Waals surface area contributed by atoms with Crippen molar-refractivity contribution in [2.24, 2.45) is 0 Å².